The lowest BCUT2D eigenvalue weighted by Gasteiger charge is -2.14. The van der Waals surface area contributed by atoms with E-state index in [9.17, 15) is 33.6 Å². The molecule has 0 aliphatic rings. The summed E-state index contributed by atoms with van der Waals surface area (Å²) >= 11 is 0. The maximum Gasteiger partial charge on any atom is 0.323 e. The number of hydrogen-bond acceptors (Lipinski definition) is 7. The third-order valence-corrected chi connectivity index (χ3v) is 9.87. The van der Waals surface area contributed by atoms with Gasteiger partial charge in [0.15, 0.2) is 0 Å². The summed E-state index contributed by atoms with van der Waals surface area (Å²) in [7, 11) is 0. The van der Waals surface area contributed by atoms with Gasteiger partial charge in [0.1, 0.15) is 0 Å². The summed E-state index contributed by atoms with van der Waals surface area (Å²) in [5, 5.41) is 22.0. The summed E-state index contributed by atoms with van der Waals surface area (Å²) in [4.78, 5) is 91.9. The first-order valence-electron chi connectivity index (χ1n) is 20.9. The lowest BCUT2D eigenvalue weighted by molar-refractivity contribution is -0.114. The van der Waals surface area contributed by atoms with Gasteiger partial charge in [-0.2, -0.15) is 0 Å². The molecule has 336 valence electrons. The van der Waals surface area contributed by atoms with Crippen LogP contribution in [0.25, 0.3) is 0 Å². The summed E-state index contributed by atoms with van der Waals surface area (Å²) in [6, 6.07) is 42.8. The highest BCUT2D eigenvalue weighted by atomic mass is 16.2. The van der Waals surface area contributed by atoms with Crippen LogP contribution in [0.4, 0.5) is 50.3 Å². The van der Waals surface area contributed by atoms with E-state index in [1.165, 1.54) is 37.3 Å². The van der Waals surface area contributed by atoms with Crippen molar-refractivity contribution in [3.05, 3.63) is 203 Å². The Morgan fingerprint density at radius 3 is 1.12 bits per heavy atom. The number of aryl methyl sites for hydroxylation is 1. The lowest BCUT2D eigenvalue weighted by atomic mass is 10.1. The van der Waals surface area contributed by atoms with E-state index in [0.717, 1.165) is 5.56 Å². The Morgan fingerprint density at radius 1 is 0.353 bits per heavy atom. The predicted molar refractivity (Wildman–Crippen MR) is 264 cm³/mol. The second-order valence-electron chi connectivity index (χ2n) is 15.2. The van der Waals surface area contributed by atoms with Crippen molar-refractivity contribution in [1.82, 2.24) is 0 Å². The van der Waals surface area contributed by atoms with Crippen LogP contribution in [0.1, 0.15) is 69.8 Å². The summed E-state index contributed by atoms with van der Waals surface area (Å²) in [5.41, 5.74) is 5.13. The van der Waals surface area contributed by atoms with Crippen LogP contribution >= 0.6 is 0 Å². The molecule has 0 radical (unpaired) electrons. The standard InChI is InChI=1S/C53H42N8O7/c1-4-34-12-6-16-40(24-34)60-53(68)61-47-27-38(51(66)58-45-21-9-19-43(30-45)55-48(63)35-13-5-11-32(2)23-35)26-39(28-47)52(67)59-46-22-10-20-44(31-46)57-50(65)37-15-7-14-36(25-37)49(64)56-42-18-8-17-41(29-42)54-33(3)62/h1,5-31H,2-3H3,(H,54,62)(H,55,63)(H,56,64)(H,57,65)(H,58,66)(H,59,67)(H2,60,61,68). The SMILES string of the molecule is C#Cc1cccc(NC(=O)Nc2cc(C(=O)Nc3cccc(NC(=O)c4cccc(C)c4)c3)cc(C(=O)Nc3cccc(NC(=O)c4cccc(C(=O)Nc5cccc(NC(C)=O)c5)c4)c3)c2)c1. The molecule has 15 heteroatoms. The van der Waals surface area contributed by atoms with Crippen LogP contribution in [-0.2, 0) is 4.79 Å². The van der Waals surface area contributed by atoms with Crippen LogP contribution in [0, 0.1) is 19.3 Å². The lowest BCUT2D eigenvalue weighted by Crippen LogP contribution is -2.21. The molecule has 0 saturated carbocycles. The van der Waals surface area contributed by atoms with Crippen molar-refractivity contribution < 1.29 is 33.6 Å². The van der Waals surface area contributed by atoms with Gasteiger partial charge < -0.3 is 42.5 Å². The van der Waals surface area contributed by atoms with Gasteiger partial charge in [0.05, 0.1) is 0 Å². The monoisotopic (exact) mass is 902 g/mol. The Balaban J connectivity index is 1.06. The fraction of sp³-hybridized carbons (Fsp3) is 0.0377. The molecule has 0 fully saturated rings. The normalized spacial score (nSPS) is 10.3. The van der Waals surface area contributed by atoms with Crippen LogP contribution in [0.15, 0.2) is 164 Å². The van der Waals surface area contributed by atoms with Gasteiger partial charge in [-0.25, -0.2) is 4.79 Å². The topological polar surface area (TPSA) is 216 Å². The van der Waals surface area contributed by atoms with Crippen molar-refractivity contribution in [3.63, 3.8) is 0 Å². The van der Waals surface area contributed by atoms with Gasteiger partial charge in [-0.15, -0.1) is 6.42 Å². The highest BCUT2D eigenvalue weighted by Crippen LogP contribution is 2.24. The highest BCUT2D eigenvalue weighted by Gasteiger charge is 2.18. The van der Waals surface area contributed by atoms with Crippen LogP contribution in [-0.4, -0.2) is 41.5 Å². The number of rotatable bonds is 13. The van der Waals surface area contributed by atoms with Gasteiger partial charge in [0, 0.05) is 85.8 Å². The number of anilines is 8. The zero-order valence-electron chi connectivity index (χ0n) is 36.5. The van der Waals surface area contributed by atoms with E-state index >= 15 is 0 Å². The third kappa shape index (κ3) is 12.7. The molecule has 8 N–H and O–H groups in total. The average Bonchev–Trinajstić information content (AvgIpc) is 3.31. The Labute approximate surface area is 390 Å². The van der Waals surface area contributed by atoms with Crippen molar-refractivity contribution >= 4 is 87.0 Å². The Bertz CT molecular complexity index is 3180. The number of carbonyl (C=O) groups is 7. The summed E-state index contributed by atoms with van der Waals surface area (Å²) in [6.45, 7) is 3.26. The maximum atomic E-state index is 13.9. The minimum Gasteiger partial charge on any atom is -0.326 e. The second kappa shape index (κ2) is 21.2. The van der Waals surface area contributed by atoms with Crippen LogP contribution < -0.4 is 42.5 Å². The van der Waals surface area contributed by atoms with E-state index in [2.05, 4.69) is 48.5 Å². The Morgan fingerprint density at radius 2 is 0.691 bits per heavy atom. The highest BCUT2D eigenvalue weighted by molar-refractivity contribution is 6.12. The van der Waals surface area contributed by atoms with Crippen molar-refractivity contribution in [3.8, 4) is 12.3 Å². The van der Waals surface area contributed by atoms with Gasteiger partial charge in [0.2, 0.25) is 5.91 Å². The number of nitrogens with one attached hydrogen (secondary N) is 8. The molecule has 0 saturated heterocycles. The number of amides is 8. The molecule has 7 aromatic carbocycles. The van der Waals surface area contributed by atoms with Gasteiger partial charge in [0.25, 0.3) is 29.5 Å². The van der Waals surface area contributed by atoms with Gasteiger partial charge in [-0.05, 0) is 128 Å². The first-order chi connectivity index (χ1) is 32.8. The Hall–Kier alpha value is -9.81. The van der Waals surface area contributed by atoms with E-state index in [1.54, 1.807) is 127 Å². The zero-order chi connectivity index (χ0) is 48.2. The molecule has 0 spiro atoms. The van der Waals surface area contributed by atoms with E-state index in [0.29, 0.717) is 45.3 Å². The molecular weight excluding hydrogens is 861 g/mol. The second-order valence-corrected chi connectivity index (χ2v) is 15.2. The zero-order valence-corrected chi connectivity index (χ0v) is 36.5. The van der Waals surface area contributed by atoms with Crippen molar-refractivity contribution in [2.45, 2.75) is 13.8 Å². The van der Waals surface area contributed by atoms with E-state index in [4.69, 9.17) is 6.42 Å². The maximum absolute atomic E-state index is 13.9. The van der Waals surface area contributed by atoms with Crippen molar-refractivity contribution in [2.24, 2.45) is 0 Å². The molecule has 0 atom stereocenters. The molecule has 0 bridgehead atoms. The largest absolute Gasteiger partial charge is 0.326 e. The molecule has 0 unspecified atom stereocenters. The minimum atomic E-state index is -0.678. The van der Waals surface area contributed by atoms with E-state index in [-0.39, 0.29) is 45.4 Å². The van der Waals surface area contributed by atoms with Crippen LogP contribution in [0.2, 0.25) is 0 Å². The minimum absolute atomic E-state index is 0.00640. The molecule has 7 rings (SSSR count). The molecule has 7 aromatic rings. The first-order valence-corrected chi connectivity index (χ1v) is 20.9. The molecule has 0 aliphatic heterocycles. The van der Waals surface area contributed by atoms with E-state index < -0.39 is 29.7 Å². The third-order valence-electron chi connectivity index (χ3n) is 9.87. The Kier molecular flexibility index (Phi) is 14.4. The number of carbonyl (C=O) groups excluding carboxylic acids is 7. The molecule has 0 aliphatic carbocycles. The smallest absolute Gasteiger partial charge is 0.323 e. The molecule has 68 heavy (non-hydrogen) atoms. The first kappa shape index (κ1) is 46.2. The van der Waals surface area contributed by atoms with Crippen LogP contribution in [0.5, 0.6) is 0 Å². The fourth-order valence-corrected chi connectivity index (χ4v) is 6.77. The number of urea groups is 1. The summed E-state index contributed by atoms with van der Waals surface area (Å²) in [5.74, 6) is -0.385. The quantitative estimate of drug-likeness (QED) is 0.0524. The molecule has 15 nitrogen and oxygen atoms in total. The number of benzene rings is 7. The van der Waals surface area contributed by atoms with Gasteiger partial charge in [-0.3, -0.25) is 28.8 Å². The molecular formula is C53H42N8O7. The molecule has 8 amide bonds. The van der Waals surface area contributed by atoms with Gasteiger partial charge in [-0.1, -0.05) is 53.9 Å². The molecule has 0 aromatic heterocycles. The van der Waals surface area contributed by atoms with Crippen molar-refractivity contribution in [1.29, 1.82) is 0 Å². The van der Waals surface area contributed by atoms with E-state index in [1.807, 2.05) is 13.0 Å². The van der Waals surface area contributed by atoms with Crippen LogP contribution in [0.3, 0.4) is 0 Å². The summed E-state index contributed by atoms with van der Waals surface area (Å²) < 4.78 is 0. The summed E-state index contributed by atoms with van der Waals surface area (Å²) in [6.07, 6.45) is 5.52. The predicted octanol–water partition coefficient (Wildman–Crippen LogP) is 9.84. The number of hydrogen-bond donors (Lipinski definition) is 8. The van der Waals surface area contributed by atoms with Gasteiger partial charge >= 0.3 is 6.03 Å². The fourth-order valence-electron chi connectivity index (χ4n) is 6.77. The number of terminal acetylenes is 1. The van der Waals surface area contributed by atoms with Crippen molar-refractivity contribution in [2.75, 3.05) is 42.5 Å². The average molecular weight is 903 g/mol. The molecule has 0 heterocycles.